The molecule has 1 amide bonds. The van der Waals surface area contributed by atoms with Crippen LogP contribution in [0.3, 0.4) is 0 Å². The van der Waals surface area contributed by atoms with Gasteiger partial charge in [-0.1, -0.05) is 0 Å². The van der Waals surface area contributed by atoms with Crippen LogP contribution in [0, 0.1) is 20.8 Å². The van der Waals surface area contributed by atoms with Gasteiger partial charge in [0.05, 0.1) is 10.7 Å². The number of halogens is 1. The summed E-state index contributed by atoms with van der Waals surface area (Å²) in [5, 5.41) is 5.89. The third-order valence-electron chi connectivity index (χ3n) is 4.21. The number of hydrogen-bond donors (Lipinski definition) is 1. The smallest absolute Gasteiger partial charge is 0.270 e. The molecule has 6 nitrogen and oxygen atoms in total. The van der Waals surface area contributed by atoms with E-state index in [1.165, 1.54) is 0 Å². The van der Waals surface area contributed by atoms with Gasteiger partial charge in [0.25, 0.3) is 5.91 Å². The van der Waals surface area contributed by atoms with Crippen LogP contribution in [0.2, 0.25) is 0 Å². The molecule has 0 bridgehead atoms. The van der Waals surface area contributed by atoms with Crippen molar-refractivity contribution in [1.29, 1.82) is 0 Å². The molecule has 1 aliphatic rings. The normalized spacial score (nSPS) is 20.8. The van der Waals surface area contributed by atoms with Crippen LogP contribution in [0.15, 0.2) is 11.4 Å². The minimum Gasteiger partial charge on any atom is -0.349 e. The molecule has 1 saturated heterocycles. The number of likely N-dealkylation sites (tertiary alicyclic amines) is 1. The second-order valence-electron chi connectivity index (χ2n) is 6.43. The van der Waals surface area contributed by atoms with E-state index < -0.39 is 6.17 Å². The van der Waals surface area contributed by atoms with Crippen LogP contribution in [-0.2, 0) is 6.54 Å². The number of hydrogen-bond acceptors (Lipinski definition) is 6. The summed E-state index contributed by atoms with van der Waals surface area (Å²) >= 11 is 1.59. The van der Waals surface area contributed by atoms with E-state index in [4.69, 9.17) is 0 Å². The Labute approximate surface area is 150 Å². The van der Waals surface area contributed by atoms with E-state index in [0.29, 0.717) is 37.6 Å². The van der Waals surface area contributed by atoms with Crippen molar-refractivity contribution in [3.8, 4) is 0 Å². The Morgan fingerprint density at radius 1 is 1.36 bits per heavy atom. The number of carbonyl (C=O) groups is 1. The maximum absolute atomic E-state index is 13.9. The van der Waals surface area contributed by atoms with E-state index in [1.807, 2.05) is 19.2 Å². The molecule has 2 atom stereocenters. The van der Waals surface area contributed by atoms with E-state index in [-0.39, 0.29) is 11.9 Å². The second kappa shape index (κ2) is 7.53. The van der Waals surface area contributed by atoms with Crippen molar-refractivity contribution in [3.05, 3.63) is 39.4 Å². The SMILES string of the molecule is Cc1cc(C(=O)NC[C@@H]2C[C@H](F)CN2Cc2csc(C)n2)nc(C)n1. The lowest BCUT2D eigenvalue weighted by Crippen LogP contribution is -2.40. The van der Waals surface area contributed by atoms with Crippen LogP contribution in [0.5, 0.6) is 0 Å². The van der Waals surface area contributed by atoms with Gasteiger partial charge in [-0.3, -0.25) is 9.69 Å². The van der Waals surface area contributed by atoms with Crippen LogP contribution in [0.4, 0.5) is 4.39 Å². The average molecular weight is 363 g/mol. The molecule has 1 N–H and O–H groups in total. The standard InChI is InChI=1S/C17H22FN5OS/c1-10-4-16(21-11(2)20-10)17(24)19-6-15-5-13(18)7-23(15)8-14-9-25-12(3)22-14/h4,9,13,15H,5-8H2,1-3H3,(H,19,24)/t13-,15-/m0/s1. The summed E-state index contributed by atoms with van der Waals surface area (Å²) in [7, 11) is 0. The molecule has 0 aromatic carbocycles. The Hall–Kier alpha value is -1.93. The van der Waals surface area contributed by atoms with Crippen molar-refractivity contribution < 1.29 is 9.18 Å². The van der Waals surface area contributed by atoms with Gasteiger partial charge in [-0.05, 0) is 33.3 Å². The third kappa shape index (κ3) is 4.58. The summed E-state index contributed by atoms with van der Waals surface area (Å²) in [6.45, 7) is 6.92. The molecule has 0 unspecified atom stereocenters. The van der Waals surface area contributed by atoms with E-state index in [0.717, 1.165) is 16.4 Å². The van der Waals surface area contributed by atoms with Gasteiger partial charge in [-0.25, -0.2) is 19.3 Å². The minimum atomic E-state index is -0.870. The Bertz CT molecular complexity index is 745. The molecule has 0 spiro atoms. The number of alkyl halides is 1. The van der Waals surface area contributed by atoms with Crippen molar-refractivity contribution in [2.24, 2.45) is 0 Å². The zero-order chi connectivity index (χ0) is 18.0. The number of rotatable bonds is 5. The quantitative estimate of drug-likeness (QED) is 0.882. The van der Waals surface area contributed by atoms with E-state index >= 15 is 0 Å². The maximum atomic E-state index is 13.9. The summed E-state index contributed by atoms with van der Waals surface area (Å²) < 4.78 is 13.9. The molecule has 134 valence electrons. The van der Waals surface area contributed by atoms with Crippen molar-refractivity contribution in [1.82, 2.24) is 25.2 Å². The maximum Gasteiger partial charge on any atom is 0.270 e. The predicted molar refractivity (Wildman–Crippen MR) is 94.4 cm³/mol. The highest BCUT2D eigenvalue weighted by Gasteiger charge is 2.32. The zero-order valence-corrected chi connectivity index (χ0v) is 15.4. The van der Waals surface area contributed by atoms with Crippen molar-refractivity contribution in [3.63, 3.8) is 0 Å². The Kier molecular flexibility index (Phi) is 5.39. The molecule has 25 heavy (non-hydrogen) atoms. The highest BCUT2D eigenvalue weighted by Crippen LogP contribution is 2.23. The molecule has 1 aliphatic heterocycles. The number of nitrogens with one attached hydrogen (secondary N) is 1. The summed E-state index contributed by atoms with van der Waals surface area (Å²) in [5.41, 5.74) is 2.05. The second-order valence-corrected chi connectivity index (χ2v) is 7.49. The van der Waals surface area contributed by atoms with Gasteiger partial charge in [0.2, 0.25) is 0 Å². The lowest BCUT2D eigenvalue weighted by molar-refractivity contribution is 0.0934. The molecule has 0 aliphatic carbocycles. The molecule has 2 aromatic heterocycles. The lowest BCUT2D eigenvalue weighted by Gasteiger charge is -2.23. The summed E-state index contributed by atoms with van der Waals surface area (Å²) in [5.74, 6) is 0.315. The summed E-state index contributed by atoms with van der Waals surface area (Å²) in [4.78, 5) is 27.2. The fourth-order valence-corrected chi connectivity index (χ4v) is 3.76. The number of amides is 1. The van der Waals surface area contributed by atoms with Gasteiger partial charge >= 0.3 is 0 Å². The van der Waals surface area contributed by atoms with Crippen LogP contribution in [0.25, 0.3) is 0 Å². The Balaban J connectivity index is 1.61. The number of aromatic nitrogens is 3. The first-order chi connectivity index (χ1) is 11.9. The Morgan fingerprint density at radius 2 is 2.16 bits per heavy atom. The minimum absolute atomic E-state index is 0.0370. The number of carbonyl (C=O) groups excluding carboxylic acids is 1. The monoisotopic (exact) mass is 363 g/mol. The first kappa shape index (κ1) is 17.9. The van der Waals surface area contributed by atoms with Crippen molar-refractivity contribution >= 4 is 17.2 Å². The molecule has 0 saturated carbocycles. The fraction of sp³-hybridized carbons (Fsp3) is 0.529. The van der Waals surface area contributed by atoms with Crippen molar-refractivity contribution in [2.75, 3.05) is 13.1 Å². The largest absolute Gasteiger partial charge is 0.349 e. The molecule has 8 heteroatoms. The zero-order valence-electron chi connectivity index (χ0n) is 14.6. The third-order valence-corrected chi connectivity index (χ3v) is 5.03. The molecular formula is C17H22FN5OS. The molecule has 0 radical (unpaired) electrons. The Morgan fingerprint density at radius 3 is 2.84 bits per heavy atom. The average Bonchev–Trinajstić information content (AvgIpc) is 3.09. The molecule has 2 aromatic rings. The highest BCUT2D eigenvalue weighted by atomic mass is 32.1. The van der Waals surface area contributed by atoms with Crippen LogP contribution in [-0.4, -0.2) is 51.1 Å². The van der Waals surface area contributed by atoms with Gasteiger partial charge in [0.1, 0.15) is 17.7 Å². The highest BCUT2D eigenvalue weighted by molar-refractivity contribution is 7.09. The van der Waals surface area contributed by atoms with Crippen LogP contribution < -0.4 is 5.32 Å². The van der Waals surface area contributed by atoms with Gasteiger partial charge in [0.15, 0.2) is 0 Å². The van der Waals surface area contributed by atoms with E-state index in [2.05, 4.69) is 25.2 Å². The first-order valence-electron chi connectivity index (χ1n) is 8.30. The summed E-state index contributed by atoms with van der Waals surface area (Å²) in [6, 6.07) is 1.62. The van der Waals surface area contributed by atoms with Gasteiger partial charge in [-0.2, -0.15) is 0 Å². The number of nitrogens with zero attached hydrogens (tertiary/aromatic N) is 4. The summed E-state index contributed by atoms with van der Waals surface area (Å²) in [6.07, 6.45) is -0.448. The number of aryl methyl sites for hydroxylation is 3. The lowest BCUT2D eigenvalue weighted by atomic mass is 10.2. The predicted octanol–water partition coefficient (Wildman–Crippen LogP) is 2.20. The van der Waals surface area contributed by atoms with Gasteiger partial charge in [-0.15, -0.1) is 11.3 Å². The van der Waals surface area contributed by atoms with Crippen LogP contribution >= 0.6 is 11.3 Å². The van der Waals surface area contributed by atoms with Gasteiger partial charge < -0.3 is 5.32 Å². The molecule has 3 heterocycles. The first-order valence-corrected chi connectivity index (χ1v) is 9.18. The van der Waals surface area contributed by atoms with E-state index in [9.17, 15) is 9.18 Å². The van der Waals surface area contributed by atoms with Gasteiger partial charge in [0, 0.05) is 36.8 Å². The fourth-order valence-electron chi connectivity index (χ4n) is 3.15. The van der Waals surface area contributed by atoms with Crippen molar-refractivity contribution in [2.45, 2.75) is 46.0 Å². The van der Waals surface area contributed by atoms with E-state index in [1.54, 1.807) is 24.3 Å². The molecule has 1 fully saturated rings. The van der Waals surface area contributed by atoms with Crippen LogP contribution in [0.1, 0.15) is 39.1 Å². The molecular weight excluding hydrogens is 341 g/mol. The topological polar surface area (TPSA) is 71.0 Å². The number of thiazole rings is 1. The molecule has 3 rings (SSSR count).